The maximum absolute atomic E-state index is 12.0. The highest BCUT2D eigenvalue weighted by molar-refractivity contribution is 7.80. The van der Waals surface area contributed by atoms with Gasteiger partial charge < -0.3 is 11.1 Å². The Kier molecular flexibility index (Phi) is 6.63. The second-order valence-electron chi connectivity index (χ2n) is 4.26. The van der Waals surface area contributed by atoms with E-state index in [1.165, 1.54) is 0 Å². The maximum Gasteiger partial charge on any atom is 0.238 e. The highest BCUT2D eigenvalue weighted by atomic mass is 32.1. The number of carbonyl (C=O) groups is 1. The molecule has 0 saturated heterocycles. The minimum atomic E-state index is -0.103. The van der Waals surface area contributed by atoms with Gasteiger partial charge in [-0.1, -0.05) is 36.5 Å². The van der Waals surface area contributed by atoms with Crippen molar-refractivity contribution in [3.8, 4) is 0 Å². The normalized spacial score (nSPS) is 10.1. The number of nitrogens with zero attached hydrogens (tertiary/aromatic N) is 1. The Morgan fingerprint density at radius 3 is 2.55 bits per heavy atom. The van der Waals surface area contributed by atoms with Crippen LogP contribution >= 0.6 is 12.2 Å². The maximum atomic E-state index is 12.0. The molecule has 0 spiro atoms. The van der Waals surface area contributed by atoms with E-state index in [0.717, 1.165) is 5.56 Å². The van der Waals surface area contributed by atoms with E-state index in [2.05, 4.69) is 18.5 Å². The molecule has 0 heterocycles. The standard InChI is InChI=1S/C15H19N3OS/c1-3-8-18(9-4-2)11-14(19)17-13-7-5-6-12(10-13)15(16)20/h3-7,10H,1-2,8-9,11H2,(H2,16,20)(H,17,19). The third-order valence-electron chi connectivity index (χ3n) is 2.57. The Labute approximate surface area is 125 Å². The van der Waals surface area contributed by atoms with E-state index >= 15 is 0 Å². The predicted octanol–water partition coefficient (Wildman–Crippen LogP) is 1.93. The van der Waals surface area contributed by atoms with Crippen LogP contribution in [0.2, 0.25) is 0 Å². The average molecular weight is 289 g/mol. The van der Waals surface area contributed by atoms with E-state index in [1.54, 1.807) is 36.4 Å². The molecule has 1 aromatic carbocycles. The molecule has 0 bridgehead atoms. The Morgan fingerprint density at radius 2 is 2.00 bits per heavy atom. The number of benzene rings is 1. The lowest BCUT2D eigenvalue weighted by atomic mass is 10.2. The fraction of sp³-hybridized carbons (Fsp3) is 0.200. The van der Waals surface area contributed by atoms with Crippen molar-refractivity contribution in [1.82, 2.24) is 4.90 Å². The van der Waals surface area contributed by atoms with Gasteiger partial charge in [0, 0.05) is 24.3 Å². The van der Waals surface area contributed by atoms with Crippen LogP contribution in [0.1, 0.15) is 5.56 Å². The van der Waals surface area contributed by atoms with Gasteiger partial charge in [-0.2, -0.15) is 0 Å². The van der Waals surface area contributed by atoms with E-state index in [9.17, 15) is 4.79 Å². The molecular formula is C15H19N3OS. The van der Waals surface area contributed by atoms with Gasteiger partial charge in [0.25, 0.3) is 0 Å². The summed E-state index contributed by atoms with van der Waals surface area (Å²) >= 11 is 4.91. The third kappa shape index (κ3) is 5.34. The van der Waals surface area contributed by atoms with Gasteiger partial charge in [-0.15, -0.1) is 13.2 Å². The molecular weight excluding hydrogens is 270 g/mol. The van der Waals surface area contributed by atoms with Crippen LogP contribution in [0.15, 0.2) is 49.6 Å². The molecule has 4 nitrogen and oxygen atoms in total. The van der Waals surface area contributed by atoms with Gasteiger partial charge in [0.05, 0.1) is 6.54 Å². The number of hydrogen-bond donors (Lipinski definition) is 2. The summed E-state index contributed by atoms with van der Waals surface area (Å²) in [7, 11) is 0. The summed E-state index contributed by atoms with van der Waals surface area (Å²) in [6.45, 7) is 8.87. The zero-order valence-corrected chi connectivity index (χ0v) is 12.2. The number of carbonyl (C=O) groups excluding carboxylic acids is 1. The van der Waals surface area contributed by atoms with Gasteiger partial charge in [-0.25, -0.2) is 0 Å². The quantitative estimate of drug-likeness (QED) is 0.567. The van der Waals surface area contributed by atoms with Gasteiger partial charge in [0.15, 0.2) is 0 Å². The van der Waals surface area contributed by atoms with Crippen LogP contribution in [0.25, 0.3) is 0 Å². The van der Waals surface area contributed by atoms with Gasteiger partial charge in [-0.3, -0.25) is 9.69 Å². The molecule has 0 radical (unpaired) electrons. The second-order valence-corrected chi connectivity index (χ2v) is 4.70. The number of rotatable bonds is 8. The highest BCUT2D eigenvalue weighted by Crippen LogP contribution is 2.10. The molecule has 1 rings (SSSR count). The SMILES string of the molecule is C=CCN(CC=C)CC(=O)Nc1cccc(C(N)=S)c1. The lowest BCUT2D eigenvalue weighted by Gasteiger charge is -2.18. The Balaban J connectivity index is 2.65. The minimum absolute atomic E-state index is 0.103. The molecule has 0 fully saturated rings. The van der Waals surface area contributed by atoms with Crippen molar-refractivity contribution < 1.29 is 4.79 Å². The summed E-state index contributed by atoms with van der Waals surface area (Å²) < 4.78 is 0. The van der Waals surface area contributed by atoms with E-state index in [0.29, 0.717) is 23.8 Å². The number of thiocarbonyl (C=S) groups is 1. The zero-order chi connectivity index (χ0) is 15.0. The van der Waals surface area contributed by atoms with Gasteiger partial charge in [0.2, 0.25) is 5.91 Å². The molecule has 106 valence electrons. The molecule has 20 heavy (non-hydrogen) atoms. The molecule has 0 aliphatic carbocycles. The topological polar surface area (TPSA) is 58.4 Å². The molecule has 0 aliphatic rings. The van der Waals surface area contributed by atoms with Crippen molar-refractivity contribution in [1.29, 1.82) is 0 Å². The number of nitrogens with two attached hydrogens (primary N) is 1. The van der Waals surface area contributed by atoms with E-state index in [4.69, 9.17) is 18.0 Å². The first-order chi connectivity index (χ1) is 9.56. The smallest absolute Gasteiger partial charge is 0.238 e. The number of anilines is 1. The molecule has 0 aromatic heterocycles. The molecule has 3 N–H and O–H groups in total. The third-order valence-corrected chi connectivity index (χ3v) is 2.81. The van der Waals surface area contributed by atoms with Crippen molar-refractivity contribution in [2.75, 3.05) is 25.0 Å². The Morgan fingerprint density at radius 1 is 1.35 bits per heavy atom. The average Bonchev–Trinajstić information content (AvgIpc) is 2.39. The van der Waals surface area contributed by atoms with Crippen molar-refractivity contribution >= 4 is 28.8 Å². The highest BCUT2D eigenvalue weighted by Gasteiger charge is 2.09. The lowest BCUT2D eigenvalue weighted by molar-refractivity contribution is -0.117. The van der Waals surface area contributed by atoms with Gasteiger partial charge >= 0.3 is 0 Å². The van der Waals surface area contributed by atoms with Crippen molar-refractivity contribution in [3.05, 3.63) is 55.1 Å². The summed E-state index contributed by atoms with van der Waals surface area (Å²) in [5.41, 5.74) is 6.97. The number of amides is 1. The molecule has 1 aromatic rings. The van der Waals surface area contributed by atoms with Gasteiger partial charge in [-0.05, 0) is 12.1 Å². The lowest BCUT2D eigenvalue weighted by Crippen LogP contribution is -2.33. The molecule has 0 saturated carbocycles. The van der Waals surface area contributed by atoms with Crippen molar-refractivity contribution in [2.45, 2.75) is 0 Å². The van der Waals surface area contributed by atoms with Crippen LogP contribution in [0.5, 0.6) is 0 Å². The fourth-order valence-electron chi connectivity index (χ4n) is 1.72. The second kappa shape index (κ2) is 8.24. The van der Waals surface area contributed by atoms with Crippen LogP contribution in [0.4, 0.5) is 5.69 Å². The monoisotopic (exact) mass is 289 g/mol. The van der Waals surface area contributed by atoms with Crippen LogP contribution in [0.3, 0.4) is 0 Å². The van der Waals surface area contributed by atoms with Gasteiger partial charge in [0.1, 0.15) is 4.99 Å². The number of nitrogens with one attached hydrogen (secondary N) is 1. The van der Waals surface area contributed by atoms with Crippen LogP contribution in [0, 0.1) is 0 Å². The molecule has 0 atom stereocenters. The van der Waals surface area contributed by atoms with Crippen molar-refractivity contribution in [2.24, 2.45) is 5.73 Å². The Hall–Kier alpha value is -1.98. The first-order valence-electron chi connectivity index (χ1n) is 6.20. The summed E-state index contributed by atoms with van der Waals surface area (Å²) in [5, 5.41) is 2.82. The molecule has 0 aliphatic heterocycles. The zero-order valence-electron chi connectivity index (χ0n) is 11.3. The molecule has 1 amide bonds. The van der Waals surface area contributed by atoms with Crippen LogP contribution in [-0.4, -0.2) is 35.4 Å². The summed E-state index contributed by atoms with van der Waals surface area (Å²) in [5.74, 6) is -0.103. The largest absolute Gasteiger partial charge is 0.389 e. The predicted molar refractivity (Wildman–Crippen MR) is 87.8 cm³/mol. The number of hydrogen-bond acceptors (Lipinski definition) is 3. The summed E-state index contributed by atoms with van der Waals surface area (Å²) in [4.78, 5) is 14.2. The van der Waals surface area contributed by atoms with Crippen LogP contribution in [-0.2, 0) is 4.79 Å². The molecule has 0 unspecified atom stereocenters. The van der Waals surface area contributed by atoms with E-state index < -0.39 is 0 Å². The minimum Gasteiger partial charge on any atom is -0.389 e. The van der Waals surface area contributed by atoms with E-state index in [1.807, 2.05) is 4.90 Å². The van der Waals surface area contributed by atoms with Crippen molar-refractivity contribution in [3.63, 3.8) is 0 Å². The first-order valence-corrected chi connectivity index (χ1v) is 6.61. The Bertz CT molecular complexity index is 504. The summed E-state index contributed by atoms with van der Waals surface area (Å²) in [6.07, 6.45) is 3.51. The summed E-state index contributed by atoms with van der Waals surface area (Å²) in [6, 6.07) is 7.16. The van der Waals surface area contributed by atoms with E-state index in [-0.39, 0.29) is 12.5 Å². The van der Waals surface area contributed by atoms with Crippen LogP contribution < -0.4 is 11.1 Å². The molecule has 5 heteroatoms. The fourth-order valence-corrected chi connectivity index (χ4v) is 1.85. The first kappa shape index (κ1) is 16.1.